The van der Waals surface area contributed by atoms with Gasteiger partial charge in [-0.3, -0.25) is 14.9 Å². The van der Waals surface area contributed by atoms with Crippen LogP contribution >= 0.6 is 11.8 Å². The van der Waals surface area contributed by atoms with E-state index >= 15 is 0 Å². The molecule has 3 amide bonds. The first-order valence-corrected chi connectivity index (χ1v) is 7.71. The first kappa shape index (κ1) is 18.0. The van der Waals surface area contributed by atoms with E-state index < -0.39 is 29.3 Å². The number of esters is 1. The molecule has 1 aromatic rings. The van der Waals surface area contributed by atoms with Crippen LogP contribution in [0.4, 0.5) is 4.79 Å². The van der Waals surface area contributed by atoms with Gasteiger partial charge in [-0.1, -0.05) is 32.0 Å². The minimum atomic E-state index is -1.06. The zero-order valence-corrected chi connectivity index (χ0v) is 13.6. The number of carbonyl (C=O) groups is 3. The second-order valence-corrected chi connectivity index (χ2v) is 6.44. The summed E-state index contributed by atoms with van der Waals surface area (Å²) in [6.07, 6.45) is -1.06. The molecule has 0 saturated carbocycles. The summed E-state index contributed by atoms with van der Waals surface area (Å²) >= 11 is 1.33. The van der Waals surface area contributed by atoms with Gasteiger partial charge in [0.15, 0.2) is 6.10 Å². The zero-order chi connectivity index (χ0) is 16.7. The van der Waals surface area contributed by atoms with E-state index in [1.807, 2.05) is 35.6 Å². The summed E-state index contributed by atoms with van der Waals surface area (Å²) in [6, 6.07) is 8.42. The molecule has 0 fully saturated rings. The van der Waals surface area contributed by atoms with Crippen LogP contribution in [0.1, 0.15) is 20.8 Å². The second-order valence-electron chi connectivity index (χ2n) is 5.03. The van der Waals surface area contributed by atoms with E-state index in [1.54, 1.807) is 20.8 Å². The largest absolute Gasteiger partial charge is 0.451 e. The maximum atomic E-state index is 12.1. The summed E-state index contributed by atoms with van der Waals surface area (Å²) in [5.41, 5.74) is 4.91. The number of thioether (sulfide) groups is 1. The SMILES string of the molecule is CC(C)[C@H](OC(=O)[C@H](C)Sc1ccccc1)C(=O)NC(N)=O. The van der Waals surface area contributed by atoms with E-state index in [2.05, 4.69) is 0 Å². The molecular weight excluding hydrogens is 304 g/mol. The van der Waals surface area contributed by atoms with Crippen molar-refractivity contribution in [2.75, 3.05) is 0 Å². The Morgan fingerprint density at radius 2 is 1.73 bits per heavy atom. The van der Waals surface area contributed by atoms with Gasteiger partial charge in [0.2, 0.25) is 0 Å². The van der Waals surface area contributed by atoms with Crippen molar-refractivity contribution in [2.45, 2.75) is 37.0 Å². The van der Waals surface area contributed by atoms with E-state index in [0.29, 0.717) is 0 Å². The summed E-state index contributed by atoms with van der Waals surface area (Å²) in [6.45, 7) is 5.13. The highest BCUT2D eigenvalue weighted by molar-refractivity contribution is 8.00. The van der Waals surface area contributed by atoms with Gasteiger partial charge < -0.3 is 10.5 Å². The lowest BCUT2D eigenvalue weighted by Gasteiger charge is -2.21. The third-order valence-electron chi connectivity index (χ3n) is 2.74. The molecule has 0 spiro atoms. The number of imide groups is 1. The maximum absolute atomic E-state index is 12.1. The number of rotatable bonds is 6. The number of amides is 3. The lowest BCUT2D eigenvalue weighted by molar-refractivity contribution is -0.157. The van der Waals surface area contributed by atoms with E-state index in [-0.39, 0.29) is 5.92 Å². The highest BCUT2D eigenvalue weighted by Gasteiger charge is 2.29. The average molecular weight is 324 g/mol. The number of hydrogen-bond donors (Lipinski definition) is 2. The van der Waals surface area contributed by atoms with Crippen molar-refractivity contribution in [3.05, 3.63) is 30.3 Å². The van der Waals surface area contributed by atoms with Crippen LogP contribution in [0.5, 0.6) is 0 Å². The van der Waals surface area contributed by atoms with Gasteiger partial charge in [-0.25, -0.2) is 4.79 Å². The van der Waals surface area contributed by atoms with Crippen LogP contribution < -0.4 is 11.1 Å². The predicted molar refractivity (Wildman–Crippen MR) is 84.2 cm³/mol. The Morgan fingerprint density at radius 3 is 2.23 bits per heavy atom. The first-order valence-electron chi connectivity index (χ1n) is 6.83. The molecule has 1 rings (SSSR count). The zero-order valence-electron chi connectivity index (χ0n) is 12.7. The lowest BCUT2D eigenvalue weighted by atomic mass is 10.1. The monoisotopic (exact) mass is 324 g/mol. The standard InChI is InChI=1S/C15H20N2O4S/c1-9(2)12(13(18)17-15(16)20)21-14(19)10(3)22-11-7-5-4-6-8-11/h4-10,12H,1-3H3,(H3,16,17,18,20)/t10-,12-/m0/s1. The molecule has 0 aliphatic heterocycles. The number of carbonyl (C=O) groups excluding carboxylic acids is 3. The number of nitrogens with one attached hydrogen (secondary N) is 1. The molecule has 0 radical (unpaired) electrons. The molecule has 3 N–H and O–H groups in total. The number of ether oxygens (including phenoxy) is 1. The average Bonchev–Trinajstić information content (AvgIpc) is 2.44. The minimum Gasteiger partial charge on any atom is -0.451 e. The van der Waals surface area contributed by atoms with Crippen LogP contribution in [0, 0.1) is 5.92 Å². The maximum Gasteiger partial charge on any atom is 0.319 e. The molecule has 0 heterocycles. The Hall–Kier alpha value is -2.02. The smallest absolute Gasteiger partial charge is 0.319 e. The molecule has 0 aromatic heterocycles. The molecule has 22 heavy (non-hydrogen) atoms. The fourth-order valence-electron chi connectivity index (χ4n) is 1.66. The number of primary amides is 1. The van der Waals surface area contributed by atoms with E-state index in [4.69, 9.17) is 10.5 Å². The fraction of sp³-hybridized carbons (Fsp3) is 0.400. The van der Waals surface area contributed by atoms with Gasteiger partial charge in [0.1, 0.15) is 5.25 Å². The Balaban J connectivity index is 2.66. The minimum absolute atomic E-state index is 0.280. The summed E-state index contributed by atoms with van der Waals surface area (Å²) in [5, 5.41) is 1.45. The van der Waals surface area contributed by atoms with Crippen LogP contribution in [-0.2, 0) is 14.3 Å². The number of urea groups is 1. The van der Waals surface area contributed by atoms with E-state index in [1.165, 1.54) is 11.8 Å². The molecule has 0 saturated heterocycles. The van der Waals surface area contributed by atoms with Crippen LogP contribution in [0.3, 0.4) is 0 Å². The summed E-state index contributed by atoms with van der Waals surface area (Å²) in [4.78, 5) is 35.6. The van der Waals surface area contributed by atoms with Gasteiger partial charge in [0, 0.05) is 4.90 Å². The van der Waals surface area contributed by atoms with Crippen LogP contribution in [0.25, 0.3) is 0 Å². The molecule has 1 aromatic carbocycles. The second kappa shape index (κ2) is 8.43. The summed E-state index contributed by atoms with van der Waals surface area (Å²) < 4.78 is 5.23. The Bertz CT molecular complexity index is 534. The number of hydrogen-bond acceptors (Lipinski definition) is 5. The van der Waals surface area contributed by atoms with Crippen LogP contribution in [-0.4, -0.2) is 29.3 Å². The summed E-state index contributed by atoms with van der Waals surface area (Å²) in [7, 11) is 0. The number of benzene rings is 1. The van der Waals surface area contributed by atoms with Crippen LogP contribution in [0.2, 0.25) is 0 Å². The molecule has 0 unspecified atom stereocenters. The Kier molecular flexibility index (Phi) is 6.91. The Morgan fingerprint density at radius 1 is 1.14 bits per heavy atom. The molecule has 7 heteroatoms. The molecule has 2 atom stereocenters. The van der Waals surface area contributed by atoms with Gasteiger partial charge in [-0.15, -0.1) is 11.8 Å². The van der Waals surface area contributed by atoms with E-state index in [0.717, 1.165) is 4.90 Å². The molecular formula is C15H20N2O4S. The van der Waals surface area contributed by atoms with Crippen molar-refractivity contribution in [2.24, 2.45) is 11.7 Å². The molecule has 6 nitrogen and oxygen atoms in total. The van der Waals surface area contributed by atoms with Gasteiger partial charge in [0.05, 0.1) is 0 Å². The molecule has 0 bridgehead atoms. The van der Waals surface area contributed by atoms with Crippen molar-refractivity contribution in [3.8, 4) is 0 Å². The highest BCUT2D eigenvalue weighted by Crippen LogP contribution is 2.24. The third-order valence-corrected chi connectivity index (χ3v) is 3.83. The van der Waals surface area contributed by atoms with Crippen molar-refractivity contribution < 1.29 is 19.1 Å². The van der Waals surface area contributed by atoms with Crippen molar-refractivity contribution in [3.63, 3.8) is 0 Å². The normalized spacial score (nSPS) is 13.3. The predicted octanol–water partition coefficient (Wildman–Crippen LogP) is 1.93. The van der Waals surface area contributed by atoms with Crippen LogP contribution in [0.15, 0.2) is 35.2 Å². The Labute approximate surface area is 133 Å². The highest BCUT2D eigenvalue weighted by atomic mass is 32.2. The third kappa shape index (κ3) is 5.77. The molecule has 0 aliphatic carbocycles. The number of nitrogens with two attached hydrogens (primary N) is 1. The van der Waals surface area contributed by atoms with E-state index in [9.17, 15) is 14.4 Å². The van der Waals surface area contributed by atoms with Crippen molar-refractivity contribution in [1.82, 2.24) is 5.32 Å². The topological polar surface area (TPSA) is 98.5 Å². The van der Waals surface area contributed by atoms with Gasteiger partial charge >= 0.3 is 12.0 Å². The summed E-state index contributed by atoms with van der Waals surface area (Å²) in [5.74, 6) is -1.52. The fourth-order valence-corrected chi connectivity index (χ4v) is 2.53. The molecule has 0 aliphatic rings. The first-order chi connectivity index (χ1) is 10.3. The lowest BCUT2D eigenvalue weighted by Crippen LogP contribution is -2.46. The van der Waals surface area contributed by atoms with Gasteiger partial charge in [0.25, 0.3) is 5.91 Å². The quantitative estimate of drug-likeness (QED) is 0.615. The van der Waals surface area contributed by atoms with Crippen molar-refractivity contribution >= 4 is 29.7 Å². The van der Waals surface area contributed by atoms with Gasteiger partial charge in [-0.05, 0) is 25.0 Å². The molecule has 120 valence electrons. The van der Waals surface area contributed by atoms with Crippen molar-refractivity contribution in [1.29, 1.82) is 0 Å². The van der Waals surface area contributed by atoms with Gasteiger partial charge in [-0.2, -0.15) is 0 Å².